The molecule has 9 nitrogen and oxygen atoms in total. The molecule has 0 saturated heterocycles. The van der Waals surface area contributed by atoms with Crippen LogP contribution in [0.25, 0.3) is 11.1 Å². The molecule has 2 aromatic rings. The van der Waals surface area contributed by atoms with Crippen molar-refractivity contribution >= 4 is 6.09 Å². The third-order valence-corrected chi connectivity index (χ3v) is 5.00. The molecule has 2 N–H and O–H groups in total. The zero-order valence-electron chi connectivity index (χ0n) is 20.0. The number of hydrogen-bond acceptors (Lipinski definition) is 8. The Bertz CT molecular complexity index is 1030. The van der Waals surface area contributed by atoms with Gasteiger partial charge in [0.25, 0.3) is 0 Å². The minimum atomic E-state index is -0.820. The first kappa shape index (κ1) is 24.3. The van der Waals surface area contributed by atoms with E-state index in [1.54, 1.807) is 45.9 Å². The number of benzene rings is 2. The Labute approximate surface area is 193 Å². The highest BCUT2D eigenvalue weighted by Crippen LogP contribution is 2.50. The van der Waals surface area contributed by atoms with Crippen LogP contribution in [0.2, 0.25) is 0 Å². The third kappa shape index (κ3) is 5.19. The van der Waals surface area contributed by atoms with Gasteiger partial charge in [-0.3, -0.25) is 0 Å². The van der Waals surface area contributed by atoms with Crippen molar-refractivity contribution in [2.45, 2.75) is 45.9 Å². The Kier molecular flexibility index (Phi) is 7.12. The van der Waals surface area contributed by atoms with Crippen molar-refractivity contribution in [2.75, 3.05) is 28.1 Å². The minimum Gasteiger partial charge on any atom is -0.493 e. The number of hydrogen-bond donors (Lipinski definition) is 2. The number of alkyl carbamates (subject to hydrolysis) is 1. The molecule has 0 aliphatic carbocycles. The molecular weight excluding hydrogens is 430 g/mol. The molecule has 180 valence electrons. The van der Waals surface area contributed by atoms with Crippen molar-refractivity contribution < 1.29 is 38.3 Å². The minimum absolute atomic E-state index is 0.0914. The molecule has 3 rings (SSSR count). The van der Waals surface area contributed by atoms with Crippen molar-refractivity contribution in [3.63, 3.8) is 0 Å². The van der Waals surface area contributed by atoms with E-state index in [1.165, 1.54) is 21.3 Å². The van der Waals surface area contributed by atoms with Crippen molar-refractivity contribution in [3.8, 4) is 39.9 Å². The van der Waals surface area contributed by atoms with E-state index in [0.717, 1.165) is 0 Å². The lowest BCUT2D eigenvalue weighted by atomic mass is 9.91. The third-order valence-electron chi connectivity index (χ3n) is 5.00. The van der Waals surface area contributed by atoms with Crippen LogP contribution in [0.1, 0.15) is 44.9 Å². The van der Waals surface area contributed by atoms with Gasteiger partial charge in [0.15, 0.2) is 23.0 Å². The zero-order valence-corrected chi connectivity index (χ0v) is 20.0. The molecule has 0 unspecified atom stereocenters. The van der Waals surface area contributed by atoms with Crippen LogP contribution in [0.4, 0.5) is 4.79 Å². The highest BCUT2D eigenvalue weighted by atomic mass is 16.7. The quantitative estimate of drug-likeness (QED) is 0.633. The van der Waals surface area contributed by atoms with Crippen LogP contribution in [0.5, 0.6) is 28.7 Å². The van der Waals surface area contributed by atoms with Crippen LogP contribution in [0.15, 0.2) is 18.2 Å². The lowest BCUT2D eigenvalue weighted by Crippen LogP contribution is -2.32. The number of fused-ring (bicyclic) bond motifs is 1. The van der Waals surface area contributed by atoms with Gasteiger partial charge in [0.05, 0.1) is 27.4 Å². The summed E-state index contributed by atoms with van der Waals surface area (Å²) in [6, 6.07) is 5.28. The summed E-state index contributed by atoms with van der Waals surface area (Å²) in [5.74, 6) is 2.28. The molecule has 1 aliphatic rings. The summed E-state index contributed by atoms with van der Waals surface area (Å²) < 4.78 is 33.3. The second-order valence-corrected chi connectivity index (χ2v) is 8.50. The van der Waals surface area contributed by atoms with Gasteiger partial charge in [-0.1, -0.05) is 0 Å². The predicted octanol–water partition coefficient (Wildman–Crippen LogP) is 4.19. The molecule has 9 heteroatoms. The van der Waals surface area contributed by atoms with E-state index >= 15 is 0 Å². The van der Waals surface area contributed by atoms with Crippen LogP contribution in [-0.4, -0.2) is 44.9 Å². The Morgan fingerprint density at radius 3 is 2.24 bits per heavy atom. The number of methoxy groups -OCH3 is 3. The van der Waals surface area contributed by atoms with Gasteiger partial charge in [0, 0.05) is 12.1 Å². The number of carbonyl (C=O) groups is 1. The average molecular weight is 462 g/mol. The maximum Gasteiger partial charge on any atom is 0.407 e. The van der Waals surface area contributed by atoms with Gasteiger partial charge in [0.2, 0.25) is 12.5 Å². The highest BCUT2D eigenvalue weighted by molar-refractivity contribution is 5.84. The van der Waals surface area contributed by atoms with Crippen molar-refractivity contribution in [3.05, 3.63) is 29.3 Å². The number of rotatable bonds is 7. The number of carbonyl (C=O) groups excluding carboxylic acids is 1. The Balaban J connectivity index is 2.20. The van der Waals surface area contributed by atoms with Crippen molar-refractivity contribution in [1.29, 1.82) is 0 Å². The molecule has 0 spiro atoms. The van der Waals surface area contributed by atoms with Crippen LogP contribution in [-0.2, 0) is 11.3 Å². The van der Waals surface area contributed by atoms with Crippen LogP contribution in [0, 0.1) is 0 Å². The molecule has 2 aromatic carbocycles. The molecular formula is C24H31NO8. The molecule has 0 bridgehead atoms. The summed E-state index contributed by atoms with van der Waals surface area (Å²) in [4.78, 5) is 12.3. The fourth-order valence-electron chi connectivity index (χ4n) is 3.64. The van der Waals surface area contributed by atoms with Crippen LogP contribution in [0.3, 0.4) is 0 Å². The molecule has 0 radical (unpaired) electrons. The topological polar surface area (TPSA) is 105 Å². The maximum atomic E-state index is 12.3. The van der Waals surface area contributed by atoms with E-state index < -0.39 is 17.8 Å². The second-order valence-electron chi connectivity index (χ2n) is 8.50. The summed E-state index contributed by atoms with van der Waals surface area (Å²) in [7, 11) is 4.54. The van der Waals surface area contributed by atoms with Gasteiger partial charge in [-0.2, -0.15) is 0 Å². The molecule has 0 aromatic heterocycles. The largest absolute Gasteiger partial charge is 0.493 e. The average Bonchev–Trinajstić information content (AvgIpc) is 3.21. The SMILES string of the molecule is COc1cc(CNC(=O)OC(C)(C)C)c(-c2cc3c(cc2[C@H](C)O)OCO3)c(OC)c1OC. The first-order valence-electron chi connectivity index (χ1n) is 10.5. The Morgan fingerprint density at radius 2 is 1.70 bits per heavy atom. The molecule has 1 atom stereocenters. The fourth-order valence-corrected chi connectivity index (χ4v) is 3.64. The van der Waals surface area contributed by atoms with Gasteiger partial charge in [-0.25, -0.2) is 4.79 Å². The van der Waals surface area contributed by atoms with Gasteiger partial charge >= 0.3 is 6.09 Å². The van der Waals surface area contributed by atoms with E-state index in [-0.39, 0.29) is 13.3 Å². The molecule has 0 saturated carbocycles. The predicted molar refractivity (Wildman–Crippen MR) is 121 cm³/mol. The second kappa shape index (κ2) is 9.66. The first-order chi connectivity index (χ1) is 15.6. The smallest absolute Gasteiger partial charge is 0.407 e. The summed E-state index contributed by atoms with van der Waals surface area (Å²) in [5, 5.41) is 13.3. The summed E-state index contributed by atoms with van der Waals surface area (Å²) in [6.45, 7) is 7.23. The van der Waals surface area contributed by atoms with Gasteiger partial charge in [-0.15, -0.1) is 0 Å². The van der Waals surface area contributed by atoms with Crippen molar-refractivity contribution in [2.24, 2.45) is 0 Å². The molecule has 1 aliphatic heterocycles. The van der Waals surface area contributed by atoms with Gasteiger partial charge < -0.3 is 38.8 Å². The summed E-state index contributed by atoms with van der Waals surface area (Å²) in [6.07, 6.45) is -1.39. The van der Waals surface area contributed by atoms with E-state index in [4.69, 9.17) is 28.4 Å². The highest BCUT2D eigenvalue weighted by Gasteiger charge is 2.28. The number of aliphatic hydroxyl groups is 1. The van der Waals surface area contributed by atoms with E-state index in [9.17, 15) is 9.90 Å². The number of aliphatic hydroxyl groups excluding tert-OH is 1. The molecule has 0 fully saturated rings. The summed E-state index contributed by atoms with van der Waals surface area (Å²) in [5.41, 5.74) is 1.88. The number of amides is 1. The lowest BCUT2D eigenvalue weighted by Gasteiger charge is -2.23. The van der Waals surface area contributed by atoms with Crippen molar-refractivity contribution in [1.82, 2.24) is 5.32 Å². The number of ether oxygens (including phenoxy) is 6. The Hall–Kier alpha value is -3.33. The zero-order chi connectivity index (χ0) is 24.3. The molecule has 1 heterocycles. The Morgan fingerprint density at radius 1 is 1.06 bits per heavy atom. The number of nitrogens with one attached hydrogen (secondary N) is 1. The lowest BCUT2D eigenvalue weighted by molar-refractivity contribution is 0.0523. The maximum absolute atomic E-state index is 12.3. The molecule has 1 amide bonds. The van der Waals surface area contributed by atoms with Gasteiger partial charge in [0.1, 0.15) is 5.60 Å². The summed E-state index contributed by atoms with van der Waals surface area (Å²) >= 11 is 0. The fraction of sp³-hybridized carbons (Fsp3) is 0.458. The van der Waals surface area contributed by atoms with Crippen LogP contribution < -0.4 is 29.0 Å². The monoisotopic (exact) mass is 461 g/mol. The normalized spacial score (nSPS) is 13.3. The van der Waals surface area contributed by atoms with E-state index in [0.29, 0.717) is 51.0 Å². The van der Waals surface area contributed by atoms with E-state index in [1.807, 2.05) is 0 Å². The van der Waals surface area contributed by atoms with Gasteiger partial charge in [-0.05, 0) is 62.6 Å². The van der Waals surface area contributed by atoms with E-state index in [2.05, 4.69) is 5.32 Å². The van der Waals surface area contributed by atoms with Crippen LogP contribution >= 0.6 is 0 Å². The first-order valence-corrected chi connectivity index (χ1v) is 10.5. The molecule has 33 heavy (non-hydrogen) atoms. The standard InChI is InChI=1S/C24H31NO8/c1-13(26)15-9-17-18(32-12-31-17)10-16(15)20-14(11-25-23(27)33-24(2,3)4)8-19(28-5)21(29-6)22(20)30-7/h8-10,13,26H,11-12H2,1-7H3,(H,25,27)/t13-/m0/s1.